The average Bonchev–Trinajstić information content (AvgIpc) is 2.37. The van der Waals surface area contributed by atoms with E-state index >= 15 is 0 Å². The fourth-order valence-electron chi connectivity index (χ4n) is 2.28. The van der Waals surface area contributed by atoms with Crippen molar-refractivity contribution < 1.29 is 9.15 Å². The molecule has 0 aliphatic heterocycles. The molecule has 3 nitrogen and oxygen atoms in total. The van der Waals surface area contributed by atoms with E-state index in [1.54, 1.807) is 7.11 Å². The highest BCUT2D eigenvalue weighted by Crippen LogP contribution is 2.31. The largest absolute Gasteiger partial charge is 0.496 e. The third-order valence-corrected chi connectivity index (χ3v) is 3.15. The average molecular weight is 240 g/mol. The number of hydrogen-bond donors (Lipinski definition) is 0. The highest BCUT2D eigenvalue weighted by molar-refractivity contribution is 6.06. The van der Waals surface area contributed by atoms with E-state index in [1.807, 2.05) is 37.3 Å². The van der Waals surface area contributed by atoms with Crippen molar-refractivity contribution in [2.45, 2.75) is 6.92 Å². The first-order chi connectivity index (χ1) is 8.70. The summed E-state index contributed by atoms with van der Waals surface area (Å²) in [5.41, 5.74) is 1.22. The molecular weight excluding hydrogens is 228 g/mol. The lowest BCUT2D eigenvalue weighted by molar-refractivity contribution is 0.420. The van der Waals surface area contributed by atoms with Gasteiger partial charge in [-0.1, -0.05) is 18.2 Å². The molecule has 3 aromatic rings. The van der Waals surface area contributed by atoms with Gasteiger partial charge in [-0.05, 0) is 24.6 Å². The van der Waals surface area contributed by atoms with E-state index in [4.69, 9.17) is 9.15 Å². The maximum Gasteiger partial charge on any atom is 0.336 e. The smallest absolute Gasteiger partial charge is 0.336 e. The van der Waals surface area contributed by atoms with Crippen molar-refractivity contribution >= 4 is 21.7 Å². The highest BCUT2D eigenvalue weighted by atomic mass is 16.5. The maximum atomic E-state index is 11.5. The minimum absolute atomic E-state index is 0.324. The van der Waals surface area contributed by atoms with Gasteiger partial charge in [-0.25, -0.2) is 4.79 Å². The number of benzene rings is 2. The fraction of sp³-hybridized carbons (Fsp3) is 0.133. The van der Waals surface area contributed by atoms with Crippen LogP contribution in [0.5, 0.6) is 5.75 Å². The van der Waals surface area contributed by atoms with E-state index in [2.05, 4.69) is 0 Å². The van der Waals surface area contributed by atoms with Gasteiger partial charge in [-0.2, -0.15) is 0 Å². The lowest BCUT2D eigenvalue weighted by atomic mass is 10.0. The number of rotatable bonds is 1. The molecule has 3 heteroatoms. The quantitative estimate of drug-likeness (QED) is 0.484. The Hall–Kier alpha value is -2.29. The standard InChI is InChI=1S/C15H12O3/c1-9-8-14(16)18-15-10(9)6-7-11-12(15)4-3-5-13(11)17-2/h3-8H,1-2H3. The second-order valence-corrected chi connectivity index (χ2v) is 4.25. The van der Waals surface area contributed by atoms with Gasteiger partial charge >= 0.3 is 5.63 Å². The molecule has 3 rings (SSSR count). The van der Waals surface area contributed by atoms with Crippen molar-refractivity contribution in [1.29, 1.82) is 0 Å². The minimum Gasteiger partial charge on any atom is -0.496 e. The topological polar surface area (TPSA) is 39.4 Å². The lowest BCUT2D eigenvalue weighted by Crippen LogP contribution is -1.98. The second-order valence-electron chi connectivity index (χ2n) is 4.25. The Morgan fingerprint density at radius 3 is 2.61 bits per heavy atom. The maximum absolute atomic E-state index is 11.5. The van der Waals surface area contributed by atoms with Crippen molar-refractivity contribution in [1.82, 2.24) is 0 Å². The SMILES string of the molecule is COc1cccc2c1ccc1c(C)cc(=O)oc12. The van der Waals surface area contributed by atoms with Crippen molar-refractivity contribution in [2.75, 3.05) is 7.11 Å². The predicted molar refractivity (Wildman–Crippen MR) is 71.3 cm³/mol. The minimum atomic E-state index is -0.324. The predicted octanol–water partition coefficient (Wildman–Crippen LogP) is 3.26. The molecule has 0 amide bonds. The van der Waals surface area contributed by atoms with Crippen LogP contribution in [0.15, 0.2) is 45.6 Å². The molecule has 0 fully saturated rings. The van der Waals surface area contributed by atoms with Gasteiger partial charge in [-0.3, -0.25) is 0 Å². The molecule has 2 aromatic carbocycles. The molecule has 0 aliphatic carbocycles. The van der Waals surface area contributed by atoms with Crippen molar-refractivity contribution in [3.8, 4) is 5.75 Å². The van der Waals surface area contributed by atoms with Gasteiger partial charge in [-0.15, -0.1) is 0 Å². The molecular formula is C15H12O3. The van der Waals surface area contributed by atoms with E-state index < -0.39 is 0 Å². The normalized spacial score (nSPS) is 11.0. The Kier molecular flexibility index (Phi) is 2.33. The van der Waals surface area contributed by atoms with E-state index in [-0.39, 0.29) is 5.63 Å². The van der Waals surface area contributed by atoms with E-state index in [0.29, 0.717) is 5.58 Å². The van der Waals surface area contributed by atoms with Crippen LogP contribution < -0.4 is 10.4 Å². The molecule has 0 unspecified atom stereocenters. The highest BCUT2D eigenvalue weighted by Gasteiger charge is 2.09. The van der Waals surface area contributed by atoms with Gasteiger partial charge < -0.3 is 9.15 Å². The zero-order valence-corrected chi connectivity index (χ0v) is 10.2. The number of hydrogen-bond acceptors (Lipinski definition) is 3. The number of ether oxygens (including phenoxy) is 1. The summed E-state index contributed by atoms with van der Waals surface area (Å²) in [5, 5.41) is 2.80. The van der Waals surface area contributed by atoms with Crippen LogP contribution in [0.2, 0.25) is 0 Å². The van der Waals surface area contributed by atoms with E-state index in [1.165, 1.54) is 6.07 Å². The molecule has 0 bridgehead atoms. The first kappa shape index (κ1) is 10.8. The first-order valence-electron chi connectivity index (χ1n) is 5.71. The summed E-state index contributed by atoms with van der Waals surface area (Å²) < 4.78 is 10.7. The van der Waals surface area contributed by atoms with Crippen LogP contribution in [0.25, 0.3) is 21.7 Å². The van der Waals surface area contributed by atoms with Crippen LogP contribution >= 0.6 is 0 Å². The van der Waals surface area contributed by atoms with Gasteiger partial charge in [0.15, 0.2) is 0 Å². The Morgan fingerprint density at radius 1 is 1.06 bits per heavy atom. The molecule has 0 spiro atoms. The summed E-state index contributed by atoms with van der Waals surface area (Å²) in [5.74, 6) is 0.776. The summed E-state index contributed by atoms with van der Waals surface area (Å²) in [4.78, 5) is 11.5. The molecule has 1 heterocycles. The van der Waals surface area contributed by atoms with Crippen LogP contribution in [0.3, 0.4) is 0 Å². The Balaban J connectivity index is 2.57. The van der Waals surface area contributed by atoms with Gasteiger partial charge in [0.05, 0.1) is 7.11 Å². The first-order valence-corrected chi connectivity index (χ1v) is 5.71. The molecule has 90 valence electrons. The van der Waals surface area contributed by atoms with E-state index in [9.17, 15) is 4.79 Å². The zero-order chi connectivity index (χ0) is 12.7. The zero-order valence-electron chi connectivity index (χ0n) is 10.2. The van der Waals surface area contributed by atoms with Crippen LogP contribution in [0.1, 0.15) is 5.56 Å². The van der Waals surface area contributed by atoms with Crippen LogP contribution in [0, 0.1) is 6.92 Å². The second kappa shape index (κ2) is 3.88. The summed E-state index contributed by atoms with van der Waals surface area (Å²) in [6, 6.07) is 11.2. The van der Waals surface area contributed by atoms with Crippen molar-refractivity contribution in [3.63, 3.8) is 0 Å². The third kappa shape index (κ3) is 1.48. The van der Waals surface area contributed by atoms with Crippen molar-refractivity contribution in [3.05, 3.63) is 52.4 Å². The fourth-order valence-corrected chi connectivity index (χ4v) is 2.28. The van der Waals surface area contributed by atoms with Crippen LogP contribution in [-0.4, -0.2) is 7.11 Å². The Labute approximate surface area is 104 Å². The molecule has 0 saturated carbocycles. The van der Waals surface area contributed by atoms with Gasteiger partial charge in [0.1, 0.15) is 11.3 Å². The van der Waals surface area contributed by atoms with Crippen LogP contribution in [-0.2, 0) is 0 Å². The molecule has 1 aromatic heterocycles. The third-order valence-electron chi connectivity index (χ3n) is 3.15. The monoisotopic (exact) mass is 240 g/mol. The molecule has 0 N–H and O–H groups in total. The Bertz CT molecular complexity index is 800. The van der Waals surface area contributed by atoms with Crippen LogP contribution in [0.4, 0.5) is 0 Å². The number of methoxy groups -OCH3 is 1. The summed E-state index contributed by atoms with van der Waals surface area (Å²) in [6.45, 7) is 1.91. The molecule has 0 saturated heterocycles. The summed E-state index contributed by atoms with van der Waals surface area (Å²) in [6.07, 6.45) is 0. The van der Waals surface area contributed by atoms with Gasteiger partial charge in [0, 0.05) is 22.2 Å². The van der Waals surface area contributed by atoms with Crippen molar-refractivity contribution in [2.24, 2.45) is 0 Å². The molecule has 0 atom stereocenters. The Morgan fingerprint density at radius 2 is 1.83 bits per heavy atom. The summed E-state index contributed by atoms with van der Waals surface area (Å²) in [7, 11) is 1.63. The molecule has 18 heavy (non-hydrogen) atoms. The van der Waals surface area contributed by atoms with E-state index in [0.717, 1.165) is 27.5 Å². The van der Waals surface area contributed by atoms with Gasteiger partial charge in [0.25, 0.3) is 0 Å². The number of aryl methyl sites for hydroxylation is 1. The number of fused-ring (bicyclic) bond motifs is 3. The lowest BCUT2D eigenvalue weighted by Gasteiger charge is -2.08. The van der Waals surface area contributed by atoms with Gasteiger partial charge in [0.2, 0.25) is 0 Å². The summed E-state index contributed by atoms with van der Waals surface area (Å²) >= 11 is 0. The molecule has 0 aliphatic rings. The molecule has 0 radical (unpaired) electrons.